The number of sulfone groups is 1. The highest BCUT2D eigenvalue weighted by molar-refractivity contribution is 7.90. The van der Waals surface area contributed by atoms with Crippen molar-refractivity contribution in [1.29, 1.82) is 0 Å². The Hall–Kier alpha value is -1.45. The zero-order chi connectivity index (χ0) is 19.9. The van der Waals surface area contributed by atoms with E-state index in [2.05, 4.69) is 5.32 Å². The standard InChI is InChI=1S/C20H24N2O4S2.ClH/c1-28(24,25)14-4-2-13(3-5-14)12-16-15-6-11-26-20(7-9-22-10-8-20)18(15)27-17(16)19(21)23;/h2-5,22H,6-12H2,1H3,(H2,21,23);1H. The molecule has 0 saturated carbocycles. The van der Waals surface area contributed by atoms with E-state index in [-0.39, 0.29) is 18.0 Å². The van der Waals surface area contributed by atoms with Crippen LogP contribution in [0.4, 0.5) is 0 Å². The number of nitrogens with one attached hydrogen (secondary N) is 1. The number of nitrogens with two attached hydrogens (primary N) is 1. The Bertz CT molecular complexity index is 1010. The van der Waals surface area contributed by atoms with E-state index >= 15 is 0 Å². The van der Waals surface area contributed by atoms with Gasteiger partial charge in [0.05, 0.1) is 16.4 Å². The number of carbonyl (C=O) groups excluding carboxylic acids is 1. The van der Waals surface area contributed by atoms with Crippen LogP contribution in [0.15, 0.2) is 29.2 Å². The molecule has 2 aliphatic heterocycles. The Kier molecular flexibility index (Phi) is 6.41. The van der Waals surface area contributed by atoms with Crippen LogP contribution < -0.4 is 11.1 Å². The Labute approximate surface area is 181 Å². The van der Waals surface area contributed by atoms with E-state index in [1.807, 2.05) is 12.1 Å². The molecule has 9 heteroatoms. The number of halogens is 1. The molecule has 3 N–H and O–H groups in total. The quantitative estimate of drug-likeness (QED) is 0.736. The SMILES string of the molecule is CS(=O)(=O)c1ccc(Cc2c(C(N)=O)sc3c2CCOC32CCNCC2)cc1.Cl. The summed E-state index contributed by atoms with van der Waals surface area (Å²) in [6.07, 6.45) is 4.30. The summed E-state index contributed by atoms with van der Waals surface area (Å²) in [6, 6.07) is 6.85. The lowest BCUT2D eigenvalue weighted by Gasteiger charge is -2.40. The lowest BCUT2D eigenvalue weighted by molar-refractivity contribution is -0.0772. The van der Waals surface area contributed by atoms with Gasteiger partial charge in [-0.15, -0.1) is 23.7 Å². The number of carbonyl (C=O) groups is 1. The van der Waals surface area contributed by atoms with Gasteiger partial charge >= 0.3 is 0 Å². The molecule has 1 saturated heterocycles. The molecule has 158 valence electrons. The highest BCUT2D eigenvalue weighted by Crippen LogP contribution is 2.46. The largest absolute Gasteiger partial charge is 0.369 e. The van der Waals surface area contributed by atoms with Gasteiger partial charge in [0, 0.05) is 11.1 Å². The molecule has 1 amide bonds. The minimum Gasteiger partial charge on any atom is -0.369 e. The normalized spacial score (nSPS) is 18.1. The summed E-state index contributed by atoms with van der Waals surface area (Å²) in [5.41, 5.74) is 8.53. The van der Waals surface area contributed by atoms with Crippen LogP contribution >= 0.6 is 23.7 Å². The average Bonchev–Trinajstić information content (AvgIpc) is 3.03. The first kappa shape index (κ1) is 22.2. The molecular weight excluding hydrogens is 432 g/mol. The van der Waals surface area contributed by atoms with Crippen LogP contribution in [0.2, 0.25) is 0 Å². The molecule has 2 aliphatic rings. The number of amides is 1. The van der Waals surface area contributed by atoms with E-state index in [4.69, 9.17) is 10.5 Å². The molecule has 1 aromatic heterocycles. The van der Waals surface area contributed by atoms with Crippen LogP contribution in [0.5, 0.6) is 0 Å². The summed E-state index contributed by atoms with van der Waals surface area (Å²) in [4.78, 5) is 14.2. The predicted molar refractivity (Wildman–Crippen MR) is 116 cm³/mol. The number of primary amides is 1. The van der Waals surface area contributed by atoms with E-state index < -0.39 is 15.7 Å². The maximum Gasteiger partial charge on any atom is 0.259 e. The van der Waals surface area contributed by atoms with Crippen molar-refractivity contribution in [2.45, 2.75) is 36.2 Å². The molecule has 0 atom stereocenters. The van der Waals surface area contributed by atoms with Crippen LogP contribution in [0.25, 0.3) is 0 Å². The molecule has 0 unspecified atom stereocenters. The Morgan fingerprint density at radius 3 is 2.48 bits per heavy atom. The lowest BCUT2D eigenvalue weighted by atomic mass is 9.84. The van der Waals surface area contributed by atoms with Gasteiger partial charge < -0.3 is 15.8 Å². The van der Waals surface area contributed by atoms with Crippen LogP contribution in [0.1, 0.15) is 44.1 Å². The third kappa shape index (κ3) is 4.22. The second kappa shape index (κ2) is 8.35. The van der Waals surface area contributed by atoms with Gasteiger partial charge in [0.25, 0.3) is 5.91 Å². The van der Waals surface area contributed by atoms with Gasteiger partial charge in [0.1, 0.15) is 5.60 Å². The monoisotopic (exact) mass is 456 g/mol. The first-order chi connectivity index (χ1) is 13.3. The topological polar surface area (TPSA) is 98.5 Å². The van der Waals surface area contributed by atoms with Crippen LogP contribution in [0.3, 0.4) is 0 Å². The number of piperidine rings is 1. The van der Waals surface area contributed by atoms with E-state index in [9.17, 15) is 13.2 Å². The molecule has 6 nitrogen and oxygen atoms in total. The fourth-order valence-corrected chi connectivity index (χ4v) is 6.24. The van der Waals surface area contributed by atoms with Crippen molar-refractivity contribution in [2.75, 3.05) is 26.0 Å². The molecule has 29 heavy (non-hydrogen) atoms. The van der Waals surface area contributed by atoms with Crippen molar-refractivity contribution in [1.82, 2.24) is 5.32 Å². The van der Waals surface area contributed by atoms with Crippen LogP contribution in [-0.2, 0) is 33.0 Å². The van der Waals surface area contributed by atoms with Crippen molar-refractivity contribution in [3.8, 4) is 0 Å². The number of benzene rings is 1. The maximum absolute atomic E-state index is 12.2. The summed E-state index contributed by atoms with van der Waals surface area (Å²) < 4.78 is 29.6. The van der Waals surface area contributed by atoms with Crippen molar-refractivity contribution in [3.63, 3.8) is 0 Å². The first-order valence-electron chi connectivity index (χ1n) is 9.39. The minimum atomic E-state index is -3.23. The number of ether oxygens (including phenoxy) is 1. The second-order valence-corrected chi connectivity index (χ2v) is 10.6. The summed E-state index contributed by atoms with van der Waals surface area (Å²) in [6.45, 7) is 2.43. The zero-order valence-corrected chi connectivity index (χ0v) is 18.6. The van der Waals surface area contributed by atoms with E-state index in [1.165, 1.54) is 23.2 Å². The molecule has 0 bridgehead atoms. The van der Waals surface area contributed by atoms with Crippen molar-refractivity contribution < 1.29 is 17.9 Å². The molecule has 0 aliphatic carbocycles. The van der Waals surface area contributed by atoms with Crippen molar-refractivity contribution in [2.24, 2.45) is 5.73 Å². The second-order valence-electron chi connectivity index (χ2n) is 7.52. The molecule has 1 fully saturated rings. The summed E-state index contributed by atoms with van der Waals surface area (Å²) in [7, 11) is -3.23. The fraction of sp³-hybridized carbons (Fsp3) is 0.450. The van der Waals surface area contributed by atoms with Gasteiger partial charge in [-0.05, 0) is 67.6 Å². The highest BCUT2D eigenvalue weighted by atomic mass is 35.5. The molecule has 1 aromatic carbocycles. The summed E-state index contributed by atoms with van der Waals surface area (Å²) >= 11 is 1.48. The smallest absolute Gasteiger partial charge is 0.259 e. The number of rotatable bonds is 4. The van der Waals surface area contributed by atoms with Gasteiger partial charge in [-0.3, -0.25) is 4.79 Å². The Balaban J connectivity index is 0.00000240. The van der Waals surface area contributed by atoms with Gasteiger partial charge in [-0.25, -0.2) is 8.42 Å². The molecule has 3 heterocycles. The summed E-state index contributed by atoms with van der Waals surface area (Å²) in [5.74, 6) is -0.411. The van der Waals surface area contributed by atoms with Gasteiger partial charge in [0.2, 0.25) is 0 Å². The van der Waals surface area contributed by atoms with Gasteiger partial charge in [-0.2, -0.15) is 0 Å². The fourth-order valence-electron chi connectivity index (χ4n) is 4.19. The number of hydrogen-bond donors (Lipinski definition) is 2. The highest BCUT2D eigenvalue weighted by Gasteiger charge is 2.42. The Morgan fingerprint density at radius 1 is 1.24 bits per heavy atom. The van der Waals surface area contributed by atoms with E-state index in [0.29, 0.717) is 22.8 Å². The van der Waals surface area contributed by atoms with Gasteiger partial charge in [0.15, 0.2) is 9.84 Å². The van der Waals surface area contributed by atoms with Crippen molar-refractivity contribution in [3.05, 3.63) is 50.7 Å². The zero-order valence-electron chi connectivity index (χ0n) is 16.2. The average molecular weight is 457 g/mol. The number of fused-ring (bicyclic) bond motifs is 2. The lowest BCUT2D eigenvalue weighted by Crippen LogP contribution is -2.44. The summed E-state index contributed by atoms with van der Waals surface area (Å²) in [5, 5.41) is 3.37. The molecular formula is C20H25ClN2O4S2. The predicted octanol–water partition coefficient (Wildman–Crippen LogP) is 2.41. The molecule has 2 aromatic rings. The maximum atomic E-state index is 12.2. The van der Waals surface area contributed by atoms with E-state index in [0.717, 1.165) is 48.4 Å². The van der Waals surface area contributed by atoms with Crippen LogP contribution in [0, 0.1) is 0 Å². The number of hydrogen-bond acceptors (Lipinski definition) is 6. The molecule has 0 radical (unpaired) electrons. The minimum absolute atomic E-state index is 0. The molecule has 4 rings (SSSR count). The first-order valence-corrected chi connectivity index (χ1v) is 12.1. The van der Waals surface area contributed by atoms with Crippen molar-refractivity contribution >= 4 is 39.5 Å². The third-order valence-electron chi connectivity index (χ3n) is 5.63. The van der Waals surface area contributed by atoms with Gasteiger partial charge in [-0.1, -0.05) is 12.1 Å². The van der Waals surface area contributed by atoms with E-state index in [1.54, 1.807) is 12.1 Å². The Morgan fingerprint density at radius 2 is 1.90 bits per heavy atom. The van der Waals surface area contributed by atoms with Crippen LogP contribution in [-0.4, -0.2) is 40.3 Å². The molecule has 1 spiro atoms. The number of thiophene rings is 1. The third-order valence-corrected chi connectivity index (χ3v) is 8.23.